The van der Waals surface area contributed by atoms with E-state index in [1.54, 1.807) is 27.4 Å². The first kappa shape index (κ1) is 15.0. The van der Waals surface area contributed by atoms with Crippen LogP contribution in [0.25, 0.3) is 21.9 Å². The van der Waals surface area contributed by atoms with E-state index in [1.807, 2.05) is 30.3 Å². The molecular formula is C19H10FIN2O. The Kier molecular flexibility index (Phi) is 3.62. The largest absolute Gasteiger partial charge is 0.452 e. The Labute approximate surface area is 151 Å². The Morgan fingerprint density at radius 2 is 1.54 bits per heavy atom. The van der Waals surface area contributed by atoms with Crippen molar-refractivity contribution < 1.29 is 8.81 Å². The van der Waals surface area contributed by atoms with E-state index in [1.165, 1.54) is 6.07 Å². The minimum Gasteiger partial charge on any atom is -0.452 e. The summed E-state index contributed by atoms with van der Waals surface area (Å²) in [4.78, 5) is 0. The molecule has 0 saturated heterocycles. The van der Waals surface area contributed by atoms with Crippen molar-refractivity contribution >= 4 is 56.2 Å². The van der Waals surface area contributed by atoms with Gasteiger partial charge in [-0.2, -0.15) is 5.26 Å². The average molecular weight is 428 g/mol. The lowest BCUT2D eigenvalue weighted by molar-refractivity contribution is 0.630. The van der Waals surface area contributed by atoms with E-state index in [2.05, 4.69) is 28.9 Å². The molecule has 0 unspecified atom stereocenters. The van der Waals surface area contributed by atoms with Gasteiger partial charge in [0.15, 0.2) is 11.2 Å². The summed E-state index contributed by atoms with van der Waals surface area (Å²) < 4.78 is 21.9. The molecule has 0 aliphatic rings. The highest BCUT2D eigenvalue weighted by molar-refractivity contribution is 14.1. The van der Waals surface area contributed by atoms with Gasteiger partial charge in [0.2, 0.25) is 0 Å². The minimum atomic E-state index is -0.308. The van der Waals surface area contributed by atoms with E-state index in [4.69, 9.17) is 4.42 Å². The molecule has 0 bridgehead atoms. The molecule has 0 radical (unpaired) electrons. The molecule has 3 nitrogen and oxygen atoms in total. The number of hydrogen-bond donors (Lipinski definition) is 0. The van der Waals surface area contributed by atoms with Crippen LogP contribution in [0, 0.1) is 17.1 Å². The van der Waals surface area contributed by atoms with Crippen molar-refractivity contribution in [1.82, 2.24) is 0 Å². The van der Waals surface area contributed by atoms with Crippen molar-refractivity contribution in [2.45, 2.75) is 0 Å². The first-order valence-electron chi connectivity index (χ1n) is 7.25. The monoisotopic (exact) mass is 428 g/mol. The molecule has 0 aliphatic carbocycles. The summed E-state index contributed by atoms with van der Waals surface area (Å²) in [7, 11) is 0. The van der Waals surface area contributed by atoms with E-state index < -0.39 is 0 Å². The van der Waals surface area contributed by atoms with E-state index in [0.29, 0.717) is 22.4 Å². The lowest BCUT2D eigenvalue weighted by atomic mass is 10.1. The van der Waals surface area contributed by atoms with Crippen molar-refractivity contribution in [1.29, 1.82) is 5.26 Å². The maximum Gasteiger partial charge on any atom is 0.159 e. The quantitative estimate of drug-likeness (QED) is 0.287. The van der Waals surface area contributed by atoms with Crippen molar-refractivity contribution in [3.8, 4) is 6.07 Å². The van der Waals surface area contributed by atoms with Crippen LogP contribution in [0.3, 0.4) is 0 Å². The highest BCUT2D eigenvalue weighted by atomic mass is 127. The van der Waals surface area contributed by atoms with Gasteiger partial charge < -0.3 is 4.42 Å². The number of furan rings is 1. The Morgan fingerprint density at radius 1 is 0.875 bits per heavy atom. The molecular weight excluding hydrogens is 418 g/mol. The smallest absolute Gasteiger partial charge is 0.159 e. The zero-order chi connectivity index (χ0) is 16.7. The molecule has 0 amide bonds. The molecule has 4 aromatic rings. The van der Waals surface area contributed by atoms with E-state index >= 15 is 0 Å². The van der Waals surface area contributed by atoms with Crippen LogP contribution in [0.1, 0.15) is 5.56 Å². The summed E-state index contributed by atoms with van der Waals surface area (Å²) in [5, 5.41) is 11.1. The molecule has 24 heavy (non-hydrogen) atoms. The van der Waals surface area contributed by atoms with Gasteiger partial charge in [-0.25, -0.2) is 4.39 Å². The Hall–Kier alpha value is -2.59. The van der Waals surface area contributed by atoms with Crippen molar-refractivity contribution in [2.24, 2.45) is 0 Å². The van der Waals surface area contributed by atoms with Gasteiger partial charge in [-0.1, -0.05) is 36.4 Å². The molecule has 0 saturated carbocycles. The number of nitrogens with zero attached hydrogens (tertiary/aromatic N) is 2. The molecule has 5 heteroatoms. The Balaban J connectivity index is 2.00. The van der Waals surface area contributed by atoms with Crippen LogP contribution in [0.2, 0.25) is 0 Å². The molecule has 0 N–H and O–H groups in total. The maximum absolute atomic E-state index is 14.1. The fourth-order valence-electron chi connectivity index (χ4n) is 2.79. The van der Waals surface area contributed by atoms with Crippen molar-refractivity contribution in [2.75, 3.05) is 3.11 Å². The molecule has 0 atom stereocenters. The topological polar surface area (TPSA) is 40.2 Å². The van der Waals surface area contributed by atoms with Crippen LogP contribution >= 0.6 is 22.9 Å². The standard InChI is InChI=1S/C19H10FIN2O/c20-15-8-1-2-9-16(15)23(21)17-10-4-7-14-13-6-3-5-12(11-22)18(13)24-19(14)17/h1-10H. The lowest BCUT2D eigenvalue weighted by Gasteiger charge is -2.17. The molecule has 1 aromatic heterocycles. The van der Waals surface area contributed by atoms with Crippen LogP contribution in [0.5, 0.6) is 0 Å². The molecule has 0 spiro atoms. The normalized spacial score (nSPS) is 10.9. The summed E-state index contributed by atoms with van der Waals surface area (Å²) in [6, 6.07) is 19.9. The second kappa shape index (κ2) is 5.80. The molecule has 0 fully saturated rings. The average Bonchev–Trinajstić information content (AvgIpc) is 3.00. The van der Waals surface area contributed by atoms with E-state index in [9.17, 15) is 9.65 Å². The number of anilines is 2. The second-order valence-electron chi connectivity index (χ2n) is 5.28. The predicted octanol–water partition coefficient (Wildman–Crippen LogP) is 6.08. The van der Waals surface area contributed by atoms with Gasteiger partial charge in [-0.05, 0) is 24.3 Å². The number of hydrogen-bond acceptors (Lipinski definition) is 3. The first-order valence-corrected chi connectivity index (χ1v) is 8.22. The van der Waals surface area contributed by atoms with Gasteiger partial charge in [-0.3, -0.25) is 3.11 Å². The third kappa shape index (κ3) is 2.22. The Morgan fingerprint density at radius 3 is 2.29 bits per heavy atom. The second-order valence-corrected chi connectivity index (χ2v) is 6.25. The molecule has 116 valence electrons. The SMILES string of the molecule is N#Cc1cccc2c1oc1c(N(I)c3ccccc3F)cccc12. The van der Waals surface area contributed by atoms with Gasteiger partial charge in [0.25, 0.3) is 0 Å². The number of benzene rings is 3. The predicted molar refractivity (Wildman–Crippen MR) is 101 cm³/mol. The number of rotatable bonds is 2. The number of nitriles is 1. The van der Waals surface area contributed by atoms with Crippen LogP contribution in [-0.4, -0.2) is 0 Å². The van der Waals surface area contributed by atoms with Crippen LogP contribution < -0.4 is 3.11 Å². The highest BCUT2D eigenvalue weighted by Gasteiger charge is 2.18. The van der Waals surface area contributed by atoms with Crippen LogP contribution in [0.15, 0.2) is 65.1 Å². The van der Waals surface area contributed by atoms with Crippen molar-refractivity contribution in [3.05, 3.63) is 72.0 Å². The molecule has 1 heterocycles. The highest BCUT2D eigenvalue weighted by Crippen LogP contribution is 2.40. The lowest BCUT2D eigenvalue weighted by Crippen LogP contribution is -2.03. The number of para-hydroxylation sites is 3. The fraction of sp³-hybridized carbons (Fsp3) is 0. The van der Waals surface area contributed by atoms with Gasteiger partial charge >= 0.3 is 0 Å². The summed E-state index contributed by atoms with van der Waals surface area (Å²) in [5.41, 5.74) is 2.86. The summed E-state index contributed by atoms with van der Waals surface area (Å²) >= 11 is 2.06. The number of halogens is 2. The molecule has 3 aromatic carbocycles. The zero-order valence-corrected chi connectivity index (χ0v) is 14.5. The fourth-order valence-corrected chi connectivity index (χ4v) is 3.56. The molecule has 4 rings (SSSR count). The third-order valence-electron chi connectivity index (χ3n) is 3.90. The summed E-state index contributed by atoms with van der Waals surface area (Å²) in [6.45, 7) is 0. The Bertz CT molecular complexity index is 1110. The third-order valence-corrected chi connectivity index (χ3v) is 4.94. The minimum absolute atomic E-state index is 0.308. The van der Waals surface area contributed by atoms with Crippen LogP contribution in [-0.2, 0) is 0 Å². The van der Waals surface area contributed by atoms with Crippen LogP contribution in [0.4, 0.5) is 15.8 Å². The van der Waals surface area contributed by atoms with Gasteiger partial charge in [0.05, 0.1) is 39.8 Å². The van der Waals surface area contributed by atoms with Gasteiger partial charge in [0, 0.05) is 10.8 Å². The zero-order valence-electron chi connectivity index (χ0n) is 12.3. The van der Waals surface area contributed by atoms with Crippen molar-refractivity contribution in [3.63, 3.8) is 0 Å². The number of fused-ring (bicyclic) bond motifs is 3. The first-order chi connectivity index (χ1) is 11.7. The van der Waals surface area contributed by atoms with Gasteiger partial charge in [-0.15, -0.1) is 0 Å². The maximum atomic E-state index is 14.1. The summed E-state index contributed by atoms with van der Waals surface area (Å²) in [6.07, 6.45) is 0. The van der Waals surface area contributed by atoms with E-state index in [-0.39, 0.29) is 5.82 Å². The van der Waals surface area contributed by atoms with Gasteiger partial charge in [0.1, 0.15) is 11.9 Å². The molecule has 0 aliphatic heterocycles. The summed E-state index contributed by atoms with van der Waals surface area (Å²) in [5.74, 6) is -0.308. The van der Waals surface area contributed by atoms with E-state index in [0.717, 1.165) is 16.5 Å².